The minimum absolute atomic E-state index is 0.275. The first-order valence-electron chi connectivity index (χ1n) is 6.91. The van der Waals surface area contributed by atoms with Crippen LogP contribution in [0.15, 0.2) is 29.6 Å². The average Bonchev–Trinajstić information content (AvgIpc) is 2.95. The number of thiazole rings is 1. The predicted octanol–water partition coefficient (Wildman–Crippen LogP) is 3.09. The summed E-state index contributed by atoms with van der Waals surface area (Å²) in [5.74, 6) is -0.966. The summed E-state index contributed by atoms with van der Waals surface area (Å²) in [4.78, 5) is 28.2. The number of hydrogen-bond donors (Lipinski definition) is 1. The number of aromatic nitrogens is 1. The van der Waals surface area contributed by atoms with Gasteiger partial charge in [0.05, 0.1) is 0 Å². The first kappa shape index (κ1) is 16.2. The van der Waals surface area contributed by atoms with E-state index in [1.165, 1.54) is 23.9 Å². The van der Waals surface area contributed by atoms with Gasteiger partial charge in [-0.15, -0.1) is 11.3 Å². The minimum atomic E-state index is -1.05. The number of carbonyl (C=O) groups is 2. The predicted molar refractivity (Wildman–Crippen MR) is 86.2 cm³/mol. The summed E-state index contributed by atoms with van der Waals surface area (Å²) in [5, 5.41) is 11.1. The Balaban J connectivity index is 2.17. The molecule has 1 N–H and O–H groups in total. The summed E-state index contributed by atoms with van der Waals surface area (Å²) in [6.45, 7) is 3.93. The fourth-order valence-corrected chi connectivity index (χ4v) is 2.79. The van der Waals surface area contributed by atoms with E-state index in [1.807, 2.05) is 12.1 Å². The maximum atomic E-state index is 12.1. The zero-order valence-electron chi connectivity index (χ0n) is 12.7. The van der Waals surface area contributed by atoms with E-state index >= 15 is 0 Å². The Hall–Kier alpha value is -2.21. The van der Waals surface area contributed by atoms with Crippen molar-refractivity contribution in [2.24, 2.45) is 0 Å². The van der Waals surface area contributed by atoms with E-state index in [4.69, 9.17) is 5.11 Å². The number of nitrogens with zero attached hydrogens (tertiary/aromatic N) is 2. The third-order valence-electron chi connectivity index (χ3n) is 3.27. The smallest absolute Gasteiger partial charge is 0.323 e. The molecule has 22 heavy (non-hydrogen) atoms. The molecule has 0 unspecified atom stereocenters. The normalized spacial score (nSPS) is 10.7. The number of carboxylic acid groups (broad SMARTS) is 1. The second-order valence-electron chi connectivity index (χ2n) is 5.37. The highest BCUT2D eigenvalue weighted by molar-refractivity contribution is 7.13. The Morgan fingerprint density at radius 3 is 2.45 bits per heavy atom. The molecule has 1 aromatic heterocycles. The molecule has 0 radical (unpaired) electrons. The van der Waals surface area contributed by atoms with Gasteiger partial charge in [0.1, 0.15) is 17.2 Å². The Kier molecular flexibility index (Phi) is 4.92. The standard InChI is InChI=1S/C16H18N2O3S/c1-10(2)11-4-6-12(7-5-11)15-17-13(9-22-15)16(21)18(3)8-14(19)20/h4-7,9-10H,8H2,1-3H3,(H,19,20). The molecule has 0 saturated heterocycles. The Labute approximate surface area is 133 Å². The topological polar surface area (TPSA) is 70.5 Å². The lowest BCUT2D eigenvalue weighted by atomic mass is 10.0. The van der Waals surface area contributed by atoms with E-state index in [2.05, 4.69) is 31.0 Å². The van der Waals surface area contributed by atoms with Crippen molar-refractivity contribution >= 4 is 23.2 Å². The van der Waals surface area contributed by atoms with Crippen LogP contribution in [-0.4, -0.2) is 40.5 Å². The van der Waals surface area contributed by atoms with E-state index in [-0.39, 0.29) is 18.1 Å². The molecule has 1 aromatic carbocycles. The second kappa shape index (κ2) is 6.70. The summed E-state index contributed by atoms with van der Waals surface area (Å²) in [5.41, 5.74) is 2.48. The summed E-state index contributed by atoms with van der Waals surface area (Å²) < 4.78 is 0. The number of rotatable bonds is 5. The number of amides is 1. The van der Waals surface area contributed by atoms with Crippen molar-refractivity contribution in [1.29, 1.82) is 0 Å². The van der Waals surface area contributed by atoms with Crippen LogP contribution in [0.4, 0.5) is 0 Å². The fourth-order valence-electron chi connectivity index (χ4n) is 1.99. The molecule has 116 valence electrons. The highest BCUT2D eigenvalue weighted by Crippen LogP contribution is 2.26. The molecular weight excluding hydrogens is 300 g/mol. The molecule has 0 atom stereocenters. The van der Waals surface area contributed by atoms with Gasteiger partial charge in [-0.25, -0.2) is 4.98 Å². The number of aliphatic carboxylic acids is 1. The average molecular weight is 318 g/mol. The molecule has 2 aromatic rings. The first-order chi connectivity index (χ1) is 10.4. The molecule has 0 bridgehead atoms. The number of carbonyl (C=O) groups excluding carboxylic acids is 1. The molecule has 6 heteroatoms. The van der Waals surface area contributed by atoms with Gasteiger partial charge in [-0.2, -0.15) is 0 Å². The molecule has 0 aliphatic carbocycles. The highest BCUT2D eigenvalue weighted by Gasteiger charge is 2.18. The second-order valence-corrected chi connectivity index (χ2v) is 6.23. The maximum absolute atomic E-state index is 12.1. The Morgan fingerprint density at radius 2 is 1.91 bits per heavy atom. The van der Waals surface area contributed by atoms with Gasteiger partial charge in [-0.1, -0.05) is 38.1 Å². The number of likely N-dealkylation sites (N-methyl/N-ethyl adjacent to an activating group) is 1. The lowest BCUT2D eigenvalue weighted by molar-refractivity contribution is -0.137. The molecule has 0 spiro atoms. The van der Waals surface area contributed by atoms with Gasteiger partial charge >= 0.3 is 5.97 Å². The van der Waals surface area contributed by atoms with Crippen molar-refractivity contribution in [2.45, 2.75) is 19.8 Å². The van der Waals surface area contributed by atoms with Gasteiger partial charge in [-0.05, 0) is 11.5 Å². The molecule has 2 rings (SSSR count). The van der Waals surface area contributed by atoms with E-state index in [1.54, 1.807) is 5.38 Å². The lowest BCUT2D eigenvalue weighted by Gasteiger charge is -2.12. The van der Waals surface area contributed by atoms with Crippen LogP contribution in [0.3, 0.4) is 0 Å². The van der Waals surface area contributed by atoms with Crippen molar-refractivity contribution < 1.29 is 14.7 Å². The molecule has 5 nitrogen and oxygen atoms in total. The largest absolute Gasteiger partial charge is 0.480 e. The third-order valence-corrected chi connectivity index (χ3v) is 4.16. The van der Waals surface area contributed by atoms with E-state index in [0.717, 1.165) is 15.5 Å². The molecular formula is C16H18N2O3S. The van der Waals surface area contributed by atoms with Crippen molar-refractivity contribution in [3.05, 3.63) is 40.9 Å². The van der Waals surface area contributed by atoms with Crippen LogP contribution in [0.5, 0.6) is 0 Å². The molecule has 0 fully saturated rings. The Bertz CT molecular complexity index is 677. The molecule has 1 amide bonds. The van der Waals surface area contributed by atoms with Crippen LogP contribution >= 0.6 is 11.3 Å². The maximum Gasteiger partial charge on any atom is 0.323 e. The summed E-state index contributed by atoms with van der Waals surface area (Å²) in [6.07, 6.45) is 0. The quantitative estimate of drug-likeness (QED) is 0.919. The molecule has 0 aliphatic heterocycles. The zero-order valence-corrected chi connectivity index (χ0v) is 13.6. The van der Waals surface area contributed by atoms with Crippen molar-refractivity contribution in [3.8, 4) is 10.6 Å². The number of hydrogen-bond acceptors (Lipinski definition) is 4. The van der Waals surface area contributed by atoms with Crippen LogP contribution in [-0.2, 0) is 4.79 Å². The van der Waals surface area contributed by atoms with E-state index < -0.39 is 5.97 Å². The van der Waals surface area contributed by atoms with Crippen molar-refractivity contribution in [1.82, 2.24) is 9.88 Å². The van der Waals surface area contributed by atoms with Crippen molar-refractivity contribution in [3.63, 3.8) is 0 Å². The Morgan fingerprint density at radius 1 is 1.27 bits per heavy atom. The molecule has 0 saturated carbocycles. The first-order valence-corrected chi connectivity index (χ1v) is 7.79. The monoisotopic (exact) mass is 318 g/mol. The summed E-state index contributed by atoms with van der Waals surface area (Å²) in [7, 11) is 1.45. The van der Waals surface area contributed by atoms with Gasteiger partial charge in [0, 0.05) is 18.0 Å². The summed E-state index contributed by atoms with van der Waals surface area (Å²) in [6, 6.07) is 8.09. The highest BCUT2D eigenvalue weighted by atomic mass is 32.1. The van der Waals surface area contributed by atoms with Gasteiger partial charge in [0.15, 0.2) is 0 Å². The van der Waals surface area contributed by atoms with Crippen molar-refractivity contribution in [2.75, 3.05) is 13.6 Å². The van der Waals surface area contributed by atoms with E-state index in [9.17, 15) is 9.59 Å². The van der Waals surface area contributed by atoms with Gasteiger partial charge < -0.3 is 10.0 Å². The molecule has 0 aliphatic rings. The fraction of sp³-hybridized carbons (Fsp3) is 0.312. The van der Waals surface area contributed by atoms with Crippen LogP contribution in [0.2, 0.25) is 0 Å². The van der Waals surface area contributed by atoms with E-state index in [0.29, 0.717) is 5.92 Å². The van der Waals surface area contributed by atoms with Gasteiger partial charge in [0.2, 0.25) is 0 Å². The minimum Gasteiger partial charge on any atom is -0.480 e. The number of benzene rings is 1. The molecule has 1 heterocycles. The van der Waals surface area contributed by atoms with Crippen LogP contribution in [0, 0.1) is 0 Å². The van der Waals surface area contributed by atoms with Crippen LogP contribution < -0.4 is 0 Å². The number of carboxylic acids is 1. The van der Waals surface area contributed by atoms with Crippen LogP contribution in [0.25, 0.3) is 10.6 Å². The van der Waals surface area contributed by atoms with Gasteiger partial charge in [0.25, 0.3) is 5.91 Å². The zero-order chi connectivity index (χ0) is 16.3. The SMILES string of the molecule is CC(C)c1ccc(-c2nc(C(=O)N(C)CC(=O)O)cs2)cc1. The summed E-state index contributed by atoms with van der Waals surface area (Å²) >= 11 is 1.38. The third kappa shape index (κ3) is 3.71. The lowest BCUT2D eigenvalue weighted by Crippen LogP contribution is -2.32. The van der Waals surface area contributed by atoms with Crippen LogP contribution in [0.1, 0.15) is 35.8 Å². The van der Waals surface area contributed by atoms with Gasteiger partial charge in [-0.3, -0.25) is 9.59 Å².